The molecule has 12 heteroatoms. The van der Waals surface area contributed by atoms with Gasteiger partial charge in [0.2, 0.25) is 0 Å². The number of hydrogen-bond acceptors (Lipinski definition) is 12. The number of para-hydroxylation sites is 4. The Kier molecular flexibility index (Phi) is 10.1. The van der Waals surface area contributed by atoms with Crippen LogP contribution in [-0.4, -0.2) is 28.4 Å². The summed E-state index contributed by atoms with van der Waals surface area (Å²) in [6, 6.07) is 59.9. The number of anilines is 9. The molecule has 0 unspecified atom stereocenters. The number of rotatable bonds is 7. The number of hydrogen-bond donors (Lipinski definition) is 0. The molecule has 12 nitrogen and oxygen atoms in total. The molecule has 11 aromatic rings. The highest BCUT2D eigenvalue weighted by Gasteiger charge is 2.33. The van der Waals surface area contributed by atoms with E-state index in [0.29, 0.717) is 106 Å². The third kappa shape index (κ3) is 6.84. The summed E-state index contributed by atoms with van der Waals surface area (Å²) in [5.41, 5.74) is 6.23. The maximum absolute atomic E-state index is 16.3. The smallest absolute Gasteiger partial charge is 0.196 e. The van der Waals surface area contributed by atoms with Gasteiger partial charge in [0.1, 0.15) is 23.0 Å². The predicted octanol–water partition coefficient (Wildman–Crippen LogP) is 15.8. The quantitative estimate of drug-likeness (QED) is 0.152. The summed E-state index contributed by atoms with van der Waals surface area (Å²) in [5.74, 6) is 6.00. The highest BCUT2D eigenvalue weighted by molar-refractivity contribution is 6.13. The van der Waals surface area contributed by atoms with Crippen LogP contribution < -0.4 is 58.7 Å². The normalized spacial score (nSPS) is 12.8. The van der Waals surface area contributed by atoms with E-state index in [-0.39, 0.29) is 10.9 Å². The van der Waals surface area contributed by atoms with Crippen LogP contribution in [0.15, 0.2) is 198 Å². The monoisotopic (exact) mass is 997 g/mol. The van der Waals surface area contributed by atoms with Gasteiger partial charge in [-0.05, 0) is 131 Å². The van der Waals surface area contributed by atoms with Crippen molar-refractivity contribution in [2.45, 2.75) is 0 Å². The Morgan fingerprint density at radius 1 is 0.303 bits per heavy atom. The Morgan fingerprint density at radius 3 is 1.21 bits per heavy atom. The predicted molar refractivity (Wildman–Crippen MR) is 299 cm³/mol. The summed E-state index contributed by atoms with van der Waals surface area (Å²) in [4.78, 5) is 37.7. The van der Waals surface area contributed by atoms with Crippen LogP contribution in [0.1, 0.15) is 0 Å². The fourth-order valence-corrected chi connectivity index (χ4v) is 10.9. The van der Waals surface area contributed by atoms with Crippen LogP contribution in [0.3, 0.4) is 0 Å². The maximum Gasteiger partial charge on any atom is 0.196 e. The van der Waals surface area contributed by atoms with Gasteiger partial charge in [0.25, 0.3) is 0 Å². The Balaban J connectivity index is 1.04. The van der Waals surface area contributed by atoms with Crippen LogP contribution >= 0.6 is 0 Å². The van der Waals surface area contributed by atoms with E-state index in [0.717, 1.165) is 45.3 Å². The average molecular weight is 998 g/mol. The van der Waals surface area contributed by atoms with Crippen LogP contribution in [0.4, 0.5) is 51.2 Å². The topological polar surface area (TPSA) is 108 Å². The first-order valence-corrected chi connectivity index (χ1v) is 24.6. The van der Waals surface area contributed by atoms with E-state index >= 15 is 9.59 Å². The standard InChI is InChI=1S/C64H43N3O9/c1-70-40-17-23-51-58(31-40)75-59-32-41(71-2)18-24-52(59)66(51)48-27-28-55(67-53-25-19-42(72-3)33-60(53)76-61-34-43(73-4)20-26-54(61)67)62-45(48)21-15-37-29-36-13-14-38-30-39(16-22-44(38)63(68)46(36)35-47(37)64(62)69)65-49-9-5-7-11-56(49)74-57-12-8-6-10-50(57)65/h5-35H,1-4H3. The average Bonchev–Trinajstić information content (AvgIpc) is 3.70. The highest BCUT2D eigenvalue weighted by Crippen LogP contribution is 2.57. The Hall–Kier alpha value is -10.2. The van der Waals surface area contributed by atoms with Crippen molar-refractivity contribution in [1.29, 1.82) is 0 Å². The minimum absolute atomic E-state index is 0.200. The minimum Gasteiger partial charge on any atom is -0.497 e. The molecule has 14 rings (SSSR count). The van der Waals surface area contributed by atoms with Gasteiger partial charge in [0.15, 0.2) is 45.4 Å². The highest BCUT2D eigenvalue weighted by atomic mass is 16.5. The zero-order valence-electron chi connectivity index (χ0n) is 41.4. The van der Waals surface area contributed by atoms with Crippen LogP contribution in [0.5, 0.6) is 57.5 Å². The minimum atomic E-state index is -0.286. The van der Waals surface area contributed by atoms with Crippen LogP contribution in [0.25, 0.3) is 43.1 Å². The number of nitrogens with zero attached hydrogens (tertiary/aromatic N) is 3. The van der Waals surface area contributed by atoms with Crippen molar-refractivity contribution in [2.24, 2.45) is 0 Å². The molecule has 3 heterocycles. The molecule has 0 N–H and O–H groups in total. The molecule has 3 aliphatic rings. The van der Waals surface area contributed by atoms with Gasteiger partial charge in [-0.3, -0.25) is 9.59 Å². The van der Waals surface area contributed by atoms with E-state index < -0.39 is 0 Å². The summed E-state index contributed by atoms with van der Waals surface area (Å²) in [5, 5.41) is 4.39. The van der Waals surface area contributed by atoms with Crippen LogP contribution in [-0.2, 0) is 0 Å². The molecule has 76 heavy (non-hydrogen) atoms. The van der Waals surface area contributed by atoms with Crippen molar-refractivity contribution < 1.29 is 33.2 Å². The SMILES string of the molecule is COc1ccc2c(c1)Oc1cc(OC)ccc1N2c1ccc(N2c3ccc(OC)cc3Oc3cc(OC)ccc32)c2c(=O)c3cc4c(=O)c5ccc(N6c7ccccc7Oc7ccccc76)cc5ccc4cc3ccc12. The van der Waals surface area contributed by atoms with Gasteiger partial charge < -0.3 is 47.9 Å². The lowest BCUT2D eigenvalue weighted by Gasteiger charge is -2.36. The number of ether oxygens (including phenoxy) is 7. The van der Waals surface area contributed by atoms with Crippen LogP contribution in [0.2, 0.25) is 0 Å². The lowest BCUT2D eigenvalue weighted by atomic mass is 10.0. The molecule has 0 fully saturated rings. The van der Waals surface area contributed by atoms with Crippen molar-refractivity contribution >= 4 is 94.3 Å². The van der Waals surface area contributed by atoms with E-state index in [9.17, 15) is 0 Å². The van der Waals surface area contributed by atoms with Crippen molar-refractivity contribution in [3.8, 4) is 57.5 Å². The Labute approximate surface area is 434 Å². The fraction of sp³-hybridized carbons (Fsp3) is 0.0625. The summed E-state index contributed by atoms with van der Waals surface area (Å²) >= 11 is 0. The summed E-state index contributed by atoms with van der Waals surface area (Å²) in [6.45, 7) is 0. The molecule has 368 valence electrons. The maximum atomic E-state index is 16.3. The van der Waals surface area contributed by atoms with Gasteiger partial charge in [-0.15, -0.1) is 0 Å². The molecular formula is C64H43N3O9. The molecule has 0 bridgehead atoms. The first-order chi connectivity index (χ1) is 37.3. The van der Waals surface area contributed by atoms with Gasteiger partial charge in [-0.2, -0.15) is 0 Å². The molecule has 0 atom stereocenters. The zero-order valence-corrected chi connectivity index (χ0v) is 41.4. The fourth-order valence-electron chi connectivity index (χ4n) is 10.9. The van der Waals surface area contributed by atoms with Gasteiger partial charge in [0, 0.05) is 51.5 Å². The second-order valence-electron chi connectivity index (χ2n) is 18.6. The molecule has 0 saturated carbocycles. The van der Waals surface area contributed by atoms with E-state index in [4.69, 9.17) is 33.2 Å². The number of methoxy groups -OCH3 is 4. The van der Waals surface area contributed by atoms with E-state index in [2.05, 4.69) is 9.80 Å². The van der Waals surface area contributed by atoms with E-state index in [1.54, 1.807) is 34.5 Å². The molecule has 0 radical (unpaired) electrons. The molecule has 0 aromatic heterocycles. The second-order valence-corrected chi connectivity index (χ2v) is 18.6. The second kappa shape index (κ2) is 17.2. The van der Waals surface area contributed by atoms with E-state index in [1.165, 1.54) is 0 Å². The molecule has 0 saturated heterocycles. The zero-order chi connectivity index (χ0) is 51.3. The van der Waals surface area contributed by atoms with Crippen LogP contribution in [0, 0.1) is 0 Å². The Bertz CT molecular complexity index is 4280. The molecular weight excluding hydrogens is 955 g/mol. The largest absolute Gasteiger partial charge is 0.497 e. The van der Waals surface area contributed by atoms with Crippen molar-refractivity contribution in [2.75, 3.05) is 43.1 Å². The van der Waals surface area contributed by atoms with E-state index in [1.807, 2.05) is 187 Å². The third-order valence-electron chi connectivity index (χ3n) is 14.5. The molecule has 0 amide bonds. The van der Waals surface area contributed by atoms with Crippen molar-refractivity contribution in [1.82, 2.24) is 0 Å². The summed E-state index contributed by atoms with van der Waals surface area (Å²) in [7, 11) is 6.44. The van der Waals surface area contributed by atoms with Gasteiger partial charge >= 0.3 is 0 Å². The lowest BCUT2D eigenvalue weighted by molar-refractivity contribution is 0.402. The summed E-state index contributed by atoms with van der Waals surface area (Å²) in [6.07, 6.45) is 0. The third-order valence-corrected chi connectivity index (χ3v) is 14.5. The van der Waals surface area contributed by atoms with Gasteiger partial charge in [-0.1, -0.05) is 48.5 Å². The molecule has 11 aromatic carbocycles. The number of fused-ring (bicyclic) bond motifs is 10. The molecule has 0 spiro atoms. The van der Waals surface area contributed by atoms with Crippen molar-refractivity contribution in [3.05, 3.63) is 209 Å². The van der Waals surface area contributed by atoms with Gasteiger partial charge in [-0.25, -0.2) is 0 Å². The molecule has 0 aliphatic carbocycles. The lowest BCUT2D eigenvalue weighted by Crippen LogP contribution is -2.20. The van der Waals surface area contributed by atoms with Crippen molar-refractivity contribution in [3.63, 3.8) is 0 Å². The summed E-state index contributed by atoms with van der Waals surface area (Å²) < 4.78 is 42.2. The number of benzene rings is 9. The molecule has 3 aliphatic heterocycles. The first kappa shape index (κ1) is 44.5. The Morgan fingerprint density at radius 2 is 0.697 bits per heavy atom. The van der Waals surface area contributed by atoms with Gasteiger partial charge in [0.05, 0.1) is 79.3 Å². The first-order valence-electron chi connectivity index (χ1n) is 24.6.